The van der Waals surface area contributed by atoms with Crippen LogP contribution in [0.15, 0.2) is 42.5 Å². The Balaban J connectivity index is 1.90. The number of hydrogen-bond acceptors (Lipinski definition) is 1. The van der Waals surface area contributed by atoms with Crippen molar-refractivity contribution in [3.63, 3.8) is 0 Å². The first-order valence-electron chi connectivity index (χ1n) is 10.2. The van der Waals surface area contributed by atoms with Crippen molar-refractivity contribution in [3.8, 4) is 11.1 Å². The molecule has 1 atom stereocenters. The average Bonchev–Trinajstić information content (AvgIpc) is 2.99. The molecule has 0 aromatic heterocycles. The zero-order valence-corrected chi connectivity index (χ0v) is 16.7. The average molecular weight is 366 g/mol. The van der Waals surface area contributed by atoms with Crippen molar-refractivity contribution in [2.24, 2.45) is 5.41 Å². The van der Waals surface area contributed by atoms with Gasteiger partial charge in [-0.25, -0.2) is 4.79 Å². The smallest absolute Gasteiger partial charge is 0.405 e. The summed E-state index contributed by atoms with van der Waals surface area (Å²) in [4.78, 5) is 11.4. The van der Waals surface area contributed by atoms with Gasteiger partial charge in [0.2, 0.25) is 0 Å². The second-order valence-electron chi connectivity index (χ2n) is 7.84. The van der Waals surface area contributed by atoms with E-state index in [0.717, 1.165) is 31.2 Å². The molecule has 144 valence electrons. The summed E-state index contributed by atoms with van der Waals surface area (Å²) in [5.74, 6) is 0. The van der Waals surface area contributed by atoms with Gasteiger partial charge in [0.05, 0.1) is 6.04 Å². The number of benzene rings is 2. The molecule has 1 unspecified atom stereocenters. The highest BCUT2D eigenvalue weighted by Gasteiger charge is 2.44. The molecule has 2 aromatic carbocycles. The molecule has 1 aliphatic carbocycles. The molecule has 0 saturated heterocycles. The van der Waals surface area contributed by atoms with E-state index in [-0.39, 0.29) is 11.5 Å². The van der Waals surface area contributed by atoms with Crippen LogP contribution < -0.4 is 5.32 Å². The highest BCUT2D eigenvalue weighted by Crippen LogP contribution is 2.50. The third-order valence-corrected chi connectivity index (χ3v) is 6.39. The van der Waals surface area contributed by atoms with Gasteiger partial charge < -0.3 is 10.4 Å². The van der Waals surface area contributed by atoms with E-state index >= 15 is 0 Å². The lowest BCUT2D eigenvalue weighted by Crippen LogP contribution is -2.37. The van der Waals surface area contributed by atoms with Gasteiger partial charge in [-0.1, -0.05) is 69.7 Å². The maximum absolute atomic E-state index is 11.4. The Morgan fingerprint density at radius 3 is 2.33 bits per heavy atom. The molecule has 0 saturated carbocycles. The second-order valence-corrected chi connectivity index (χ2v) is 7.84. The predicted molar refractivity (Wildman–Crippen MR) is 111 cm³/mol. The number of rotatable bonds is 7. The summed E-state index contributed by atoms with van der Waals surface area (Å²) >= 11 is 0. The van der Waals surface area contributed by atoms with E-state index in [9.17, 15) is 9.90 Å². The van der Waals surface area contributed by atoms with Gasteiger partial charge >= 0.3 is 6.09 Å². The van der Waals surface area contributed by atoms with Crippen molar-refractivity contribution in [2.45, 2.75) is 65.3 Å². The highest BCUT2D eigenvalue weighted by molar-refractivity contribution is 5.68. The summed E-state index contributed by atoms with van der Waals surface area (Å²) in [5.41, 5.74) is 6.24. The van der Waals surface area contributed by atoms with E-state index in [0.29, 0.717) is 0 Å². The first kappa shape index (κ1) is 19.5. The molecular formula is C24H31NO2. The van der Waals surface area contributed by atoms with Crippen LogP contribution in [0.4, 0.5) is 4.79 Å². The van der Waals surface area contributed by atoms with Crippen LogP contribution in [0, 0.1) is 5.41 Å². The topological polar surface area (TPSA) is 49.3 Å². The van der Waals surface area contributed by atoms with Crippen molar-refractivity contribution in [2.75, 3.05) is 0 Å². The van der Waals surface area contributed by atoms with Crippen LogP contribution in [0.1, 0.15) is 69.2 Å². The number of carbonyl (C=O) groups is 1. The van der Waals surface area contributed by atoms with Crippen LogP contribution >= 0.6 is 0 Å². The van der Waals surface area contributed by atoms with Gasteiger partial charge in [-0.05, 0) is 65.3 Å². The van der Waals surface area contributed by atoms with Gasteiger partial charge in [-0.2, -0.15) is 0 Å². The number of nitrogens with one attached hydrogen (secondary N) is 1. The maximum Gasteiger partial charge on any atom is 0.405 e. The molecule has 0 aliphatic heterocycles. The minimum atomic E-state index is -0.939. The third kappa shape index (κ3) is 3.87. The maximum atomic E-state index is 11.4. The Labute approximate surface area is 162 Å². The quantitative estimate of drug-likeness (QED) is 0.599. The van der Waals surface area contributed by atoms with Crippen LogP contribution in [0.5, 0.6) is 0 Å². The molecule has 3 nitrogen and oxygen atoms in total. The number of aryl methyl sites for hydroxylation is 1. The van der Waals surface area contributed by atoms with E-state index in [1.165, 1.54) is 35.1 Å². The van der Waals surface area contributed by atoms with E-state index in [1.54, 1.807) is 0 Å². The SMILES string of the molecule is CCCCc1ccc(-c2ccc3c(c2)CC(CC)(CC)C3NC(=O)O)cc1. The summed E-state index contributed by atoms with van der Waals surface area (Å²) in [6.45, 7) is 6.56. The Morgan fingerprint density at radius 2 is 1.74 bits per heavy atom. The van der Waals surface area contributed by atoms with E-state index in [4.69, 9.17) is 0 Å². The van der Waals surface area contributed by atoms with Gasteiger partial charge in [-0.3, -0.25) is 0 Å². The lowest BCUT2D eigenvalue weighted by molar-refractivity contribution is 0.157. The fourth-order valence-electron chi connectivity index (χ4n) is 4.54. The number of carboxylic acid groups (broad SMARTS) is 1. The van der Waals surface area contributed by atoms with Crippen LogP contribution in [0.2, 0.25) is 0 Å². The van der Waals surface area contributed by atoms with Crippen molar-refractivity contribution >= 4 is 6.09 Å². The number of hydrogen-bond donors (Lipinski definition) is 2. The lowest BCUT2D eigenvalue weighted by Gasteiger charge is -2.33. The van der Waals surface area contributed by atoms with Crippen molar-refractivity contribution < 1.29 is 9.90 Å². The molecular weight excluding hydrogens is 334 g/mol. The lowest BCUT2D eigenvalue weighted by atomic mass is 9.76. The van der Waals surface area contributed by atoms with Crippen molar-refractivity contribution in [1.29, 1.82) is 0 Å². The standard InChI is InChI=1S/C24H31NO2/c1-4-7-8-17-9-11-18(12-10-17)19-13-14-21-20(15-19)16-24(5-2,6-3)22(21)25-23(26)27/h9-15,22,25H,4-8,16H2,1-3H3,(H,26,27). The Hall–Kier alpha value is -2.29. The minimum absolute atomic E-state index is 0.0244. The molecule has 0 fully saturated rings. The molecule has 2 N–H and O–H groups in total. The van der Waals surface area contributed by atoms with Gasteiger partial charge in [-0.15, -0.1) is 0 Å². The van der Waals surface area contributed by atoms with Gasteiger partial charge in [0, 0.05) is 0 Å². The summed E-state index contributed by atoms with van der Waals surface area (Å²) in [7, 11) is 0. The zero-order valence-electron chi connectivity index (χ0n) is 16.7. The van der Waals surface area contributed by atoms with Gasteiger partial charge in [0.25, 0.3) is 0 Å². The monoisotopic (exact) mass is 365 g/mol. The van der Waals surface area contributed by atoms with Crippen LogP contribution in [0.25, 0.3) is 11.1 Å². The second kappa shape index (κ2) is 8.16. The fraction of sp³-hybridized carbons (Fsp3) is 0.458. The normalized spacial score (nSPS) is 17.5. The number of unbranched alkanes of at least 4 members (excludes halogenated alkanes) is 1. The molecule has 1 aliphatic rings. The highest BCUT2D eigenvalue weighted by atomic mass is 16.4. The molecule has 0 radical (unpaired) electrons. The van der Waals surface area contributed by atoms with Gasteiger partial charge in [0.1, 0.15) is 0 Å². The Kier molecular flexibility index (Phi) is 5.88. The largest absolute Gasteiger partial charge is 0.465 e. The van der Waals surface area contributed by atoms with Crippen LogP contribution in [0.3, 0.4) is 0 Å². The van der Waals surface area contributed by atoms with Crippen LogP contribution in [-0.4, -0.2) is 11.2 Å². The fourth-order valence-corrected chi connectivity index (χ4v) is 4.54. The van der Waals surface area contributed by atoms with E-state index in [1.807, 2.05) is 0 Å². The summed E-state index contributed by atoms with van der Waals surface area (Å²) in [6.07, 6.45) is 5.50. The summed E-state index contributed by atoms with van der Waals surface area (Å²) < 4.78 is 0. The number of amides is 1. The molecule has 0 heterocycles. The van der Waals surface area contributed by atoms with Crippen LogP contribution in [-0.2, 0) is 12.8 Å². The summed E-state index contributed by atoms with van der Waals surface area (Å²) in [5, 5.41) is 12.1. The predicted octanol–water partition coefficient (Wildman–Crippen LogP) is 6.37. The molecule has 3 heteroatoms. The van der Waals surface area contributed by atoms with Crippen molar-refractivity contribution in [1.82, 2.24) is 5.32 Å². The summed E-state index contributed by atoms with van der Waals surface area (Å²) in [6, 6.07) is 15.3. The third-order valence-electron chi connectivity index (χ3n) is 6.39. The zero-order chi connectivity index (χ0) is 19.4. The first-order chi connectivity index (χ1) is 13.0. The van der Waals surface area contributed by atoms with Gasteiger partial charge in [0.15, 0.2) is 0 Å². The molecule has 2 aromatic rings. The Bertz CT molecular complexity index is 791. The molecule has 1 amide bonds. The molecule has 0 bridgehead atoms. The number of fused-ring (bicyclic) bond motifs is 1. The minimum Gasteiger partial charge on any atom is -0.465 e. The Morgan fingerprint density at radius 1 is 1.07 bits per heavy atom. The first-order valence-corrected chi connectivity index (χ1v) is 10.2. The van der Waals surface area contributed by atoms with Crippen molar-refractivity contribution in [3.05, 3.63) is 59.2 Å². The molecule has 27 heavy (non-hydrogen) atoms. The molecule has 3 rings (SSSR count). The molecule has 0 spiro atoms. The van der Waals surface area contributed by atoms with E-state index < -0.39 is 6.09 Å². The van der Waals surface area contributed by atoms with E-state index in [2.05, 4.69) is 68.6 Å².